The van der Waals surface area contributed by atoms with Crippen LogP contribution < -0.4 is 5.32 Å². The molecule has 1 aromatic carbocycles. The van der Waals surface area contributed by atoms with Crippen LogP contribution in [0.3, 0.4) is 0 Å². The summed E-state index contributed by atoms with van der Waals surface area (Å²) >= 11 is 2.65. The van der Waals surface area contributed by atoms with Crippen LogP contribution in [-0.4, -0.2) is 39.5 Å². The van der Waals surface area contributed by atoms with Crippen molar-refractivity contribution in [2.24, 2.45) is 0 Å². The van der Waals surface area contributed by atoms with Crippen LogP contribution in [0.2, 0.25) is 0 Å². The number of methoxy groups -OCH3 is 1. The molecule has 0 aliphatic heterocycles. The number of carbonyl (C=O) groups is 2. The summed E-state index contributed by atoms with van der Waals surface area (Å²) in [5.41, 5.74) is 4.23. The Labute approximate surface area is 203 Å². The summed E-state index contributed by atoms with van der Waals surface area (Å²) in [6.07, 6.45) is 0. The van der Waals surface area contributed by atoms with Crippen molar-refractivity contribution in [3.05, 3.63) is 46.1 Å². The van der Waals surface area contributed by atoms with E-state index in [0.29, 0.717) is 15.7 Å². The summed E-state index contributed by atoms with van der Waals surface area (Å²) in [7, 11) is 1.35. The van der Waals surface area contributed by atoms with Crippen LogP contribution in [0.15, 0.2) is 28.7 Å². The van der Waals surface area contributed by atoms with E-state index >= 15 is 0 Å². The van der Waals surface area contributed by atoms with Crippen molar-refractivity contribution in [3.8, 4) is 11.1 Å². The Morgan fingerprint density at radius 3 is 2.52 bits per heavy atom. The molecule has 0 spiro atoms. The molecule has 9 heteroatoms. The molecule has 3 rings (SSSR count). The zero-order valence-corrected chi connectivity index (χ0v) is 21.7. The van der Waals surface area contributed by atoms with E-state index in [1.54, 1.807) is 0 Å². The van der Waals surface area contributed by atoms with Crippen molar-refractivity contribution in [2.45, 2.75) is 58.7 Å². The fourth-order valence-corrected chi connectivity index (χ4v) is 5.38. The van der Waals surface area contributed by atoms with Gasteiger partial charge in [-0.15, -0.1) is 21.5 Å². The standard InChI is InChI=1S/C24H30N4O3S2/c1-13(2)21-26-27-24(28(21)14(3)4)33-12-19(29)25-22-20(23(30)31-7)18(11-32-22)17-10-15(5)8-9-16(17)6/h8-11,13-14H,12H2,1-7H3,(H,25,29). The lowest BCUT2D eigenvalue weighted by atomic mass is 9.97. The van der Waals surface area contributed by atoms with Gasteiger partial charge in [0.25, 0.3) is 0 Å². The molecule has 0 bridgehead atoms. The van der Waals surface area contributed by atoms with Gasteiger partial charge < -0.3 is 14.6 Å². The summed E-state index contributed by atoms with van der Waals surface area (Å²) in [5, 5.41) is 14.6. The SMILES string of the molecule is COC(=O)c1c(-c2cc(C)ccc2C)csc1NC(=O)CSc1nnc(C(C)C)n1C(C)C. The van der Waals surface area contributed by atoms with Crippen molar-refractivity contribution in [2.75, 3.05) is 18.2 Å². The third-order valence-corrected chi connectivity index (χ3v) is 7.01. The van der Waals surface area contributed by atoms with E-state index in [1.165, 1.54) is 30.2 Å². The fourth-order valence-electron chi connectivity index (χ4n) is 3.54. The van der Waals surface area contributed by atoms with Gasteiger partial charge in [-0.1, -0.05) is 49.4 Å². The van der Waals surface area contributed by atoms with Gasteiger partial charge in [0.15, 0.2) is 5.16 Å². The first-order valence-electron chi connectivity index (χ1n) is 10.8. The molecule has 3 aromatic rings. The maximum atomic E-state index is 12.8. The highest BCUT2D eigenvalue weighted by atomic mass is 32.2. The van der Waals surface area contributed by atoms with Gasteiger partial charge in [0.1, 0.15) is 16.4 Å². The molecule has 33 heavy (non-hydrogen) atoms. The molecule has 0 saturated heterocycles. The number of esters is 1. The lowest BCUT2D eigenvalue weighted by Crippen LogP contribution is -2.17. The van der Waals surface area contributed by atoms with Crippen molar-refractivity contribution in [1.82, 2.24) is 14.8 Å². The monoisotopic (exact) mass is 486 g/mol. The second-order valence-electron chi connectivity index (χ2n) is 8.46. The number of benzene rings is 1. The molecule has 0 saturated carbocycles. The predicted molar refractivity (Wildman–Crippen MR) is 134 cm³/mol. The molecule has 2 aromatic heterocycles. The fraction of sp³-hybridized carbons (Fsp3) is 0.417. The Hall–Kier alpha value is -2.65. The summed E-state index contributed by atoms with van der Waals surface area (Å²) in [6, 6.07) is 6.28. The highest BCUT2D eigenvalue weighted by Gasteiger charge is 2.24. The number of aryl methyl sites for hydroxylation is 2. The van der Waals surface area contributed by atoms with Crippen LogP contribution in [0.5, 0.6) is 0 Å². The van der Waals surface area contributed by atoms with Crippen LogP contribution in [0.1, 0.15) is 67.0 Å². The first kappa shape index (κ1) is 25.0. The highest BCUT2D eigenvalue weighted by molar-refractivity contribution is 7.99. The van der Waals surface area contributed by atoms with Gasteiger partial charge in [-0.05, 0) is 38.8 Å². The number of nitrogens with one attached hydrogen (secondary N) is 1. The number of aromatic nitrogens is 3. The van der Waals surface area contributed by atoms with E-state index in [2.05, 4.69) is 47.8 Å². The number of hydrogen-bond donors (Lipinski definition) is 1. The molecule has 0 aliphatic rings. The molecule has 0 aliphatic carbocycles. The first-order chi connectivity index (χ1) is 15.6. The van der Waals surface area contributed by atoms with Gasteiger partial charge >= 0.3 is 5.97 Å². The molecule has 1 amide bonds. The average Bonchev–Trinajstić information content (AvgIpc) is 3.38. The summed E-state index contributed by atoms with van der Waals surface area (Å²) < 4.78 is 7.10. The molecule has 1 N–H and O–H groups in total. The van der Waals surface area contributed by atoms with Crippen molar-refractivity contribution in [1.29, 1.82) is 0 Å². The molecule has 0 unspecified atom stereocenters. The largest absolute Gasteiger partial charge is 0.465 e. The van der Waals surface area contributed by atoms with Crippen molar-refractivity contribution >= 4 is 40.0 Å². The van der Waals surface area contributed by atoms with Gasteiger partial charge in [-0.2, -0.15) is 0 Å². The number of anilines is 1. The first-order valence-corrected chi connectivity index (χ1v) is 12.6. The smallest absolute Gasteiger partial charge is 0.341 e. The Morgan fingerprint density at radius 1 is 1.15 bits per heavy atom. The number of thiophene rings is 1. The molecule has 0 atom stereocenters. The lowest BCUT2D eigenvalue weighted by molar-refractivity contribution is -0.113. The molecule has 0 radical (unpaired) electrons. The molecule has 176 valence electrons. The second kappa shape index (κ2) is 10.5. The van der Waals surface area contributed by atoms with E-state index in [0.717, 1.165) is 28.1 Å². The second-order valence-corrected chi connectivity index (χ2v) is 10.3. The van der Waals surface area contributed by atoms with Gasteiger partial charge in [0.2, 0.25) is 5.91 Å². The normalized spacial score (nSPS) is 11.3. The Kier molecular flexibility index (Phi) is 7.97. The van der Waals surface area contributed by atoms with Crippen LogP contribution in [-0.2, 0) is 9.53 Å². The van der Waals surface area contributed by atoms with Crippen molar-refractivity contribution < 1.29 is 14.3 Å². The third kappa shape index (κ3) is 5.47. The molecule has 2 heterocycles. The molecular weight excluding hydrogens is 456 g/mol. The number of thioether (sulfide) groups is 1. The van der Waals surface area contributed by atoms with E-state index < -0.39 is 5.97 Å². The maximum absolute atomic E-state index is 12.8. The number of rotatable bonds is 8. The summed E-state index contributed by atoms with van der Waals surface area (Å²) in [5.74, 6) is 0.595. The Bertz CT molecular complexity index is 1160. The summed E-state index contributed by atoms with van der Waals surface area (Å²) in [6.45, 7) is 12.3. The minimum Gasteiger partial charge on any atom is -0.465 e. The molecule has 0 fully saturated rings. The average molecular weight is 487 g/mol. The van der Waals surface area contributed by atoms with Crippen LogP contribution in [0, 0.1) is 13.8 Å². The minimum absolute atomic E-state index is 0.153. The zero-order valence-electron chi connectivity index (χ0n) is 20.1. The van der Waals surface area contributed by atoms with Gasteiger partial charge in [-0.3, -0.25) is 4.79 Å². The van der Waals surface area contributed by atoms with Gasteiger partial charge in [-0.25, -0.2) is 4.79 Å². The Morgan fingerprint density at radius 2 is 1.88 bits per heavy atom. The van der Waals surface area contributed by atoms with E-state index in [1.807, 2.05) is 37.4 Å². The van der Waals surface area contributed by atoms with Gasteiger partial charge in [0.05, 0.1) is 12.9 Å². The van der Waals surface area contributed by atoms with Crippen LogP contribution in [0.25, 0.3) is 11.1 Å². The lowest BCUT2D eigenvalue weighted by Gasteiger charge is -2.15. The number of ether oxygens (including phenoxy) is 1. The van der Waals surface area contributed by atoms with Crippen LogP contribution in [0.4, 0.5) is 5.00 Å². The molecule has 7 nitrogen and oxygen atoms in total. The maximum Gasteiger partial charge on any atom is 0.341 e. The topological polar surface area (TPSA) is 86.1 Å². The summed E-state index contributed by atoms with van der Waals surface area (Å²) in [4.78, 5) is 25.4. The third-order valence-electron chi connectivity index (χ3n) is 5.17. The predicted octanol–water partition coefficient (Wildman–Crippen LogP) is 5.85. The van der Waals surface area contributed by atoms with E-state index in [-0.39, 0.29) is 23.6 Å². The van der Waals surface area contributed by atoms with Crippen LogP contribution >= 0.6 is 23.1 Å². The minimum atomic E-state index is -0.476. The van der Waals surface area contributed by atoms with E-state index in [4.69, 9.17) is 4.74 Å². The number of hydrogen-bond acceptors (Lipinski definition) is 7. The number of nitrogens with zero attached hydrogens (tertiary/aromatic N) is 3. The number of amides is 1. The van der Waals surface area contributed by atoms with Crippen molar-refractivity contribution in [3.63, 3.8) is 0 Å². The van der Waals surface area contributed by atoms with Gasteiger partial charge in [0, 0.05) is 22.9 Å². The number of carbonyl (C=O) groups excluding carboxylic acids is 2. The van der Waals surface area contributed by atoms with E-state index in [9.17, 15) is 9.59 Å². The quantitative estimate of drug-likeness (QED) is 0.318. The Balaban J connectivity index is 1.83. The highest BCUT2D eigenvalue weighted by Crippen LogP contribution is 2.38. The molecular formula is C24H30N4O3S2. The zero-order chi connectivity index (χ0) is 24.3.